The van der Waals surface area contributed by atoms with E-state index in [4.69, 9.17) is 4.52 Å². The van der Waals surface area contributed by atoms with Crippen molar-refractivity contribution in [1.29, 1.82) is 0 Å². The third kappa shape index (κ3) is 2.86. The minimum atomic E-state index is 0.236. The van der Waals surface area contributed by atoms with Gasteiger partial charge in [0.1, 0.15) is 0 Å². The lowest BCUT2D eigenvalue weighted by atomic mass is 10.2. The summed E-state index contributed by atoms with van der Waals surface area (Å²) in [4.78, 5) is 4.37. The zero-order valence-electron chi connectivity index (χ0n) is 12.9. The van der Waals surface area contributed by atoms with E-state index in [9.17, 15) is 0 Å². The molecule has 1 aromatic carbocycles. The summed E-state index contributed by atoms with van der Waals surface area (Å²) in [5.74, 6) is 1.55. The Hall–Kier alpha value is -2.63. The highest BCUT2D eigenvalue weighted by molar-refractivity contribution is 5.60. The van der Waals surface area contributed by atoms with E-state index in [2.05, 4.69) is 20.6 Å². The molecule has 0 saturated heterocycles. The van der Waals surface area contributed by atoms with Gasteiger partial charge in [-0.2, -0.15) is 10.1 Å². The summed E-state index contributed by atoms with van der Waals surface area (Å²) < 4.78 is 7.12. The Morgan fingerprint density at radius 2 is 2.05 bits per heavy atom. The van der Waals surface area contributed by atoms with E-state index in [1.54, 1.807) is 6.20 Å². The first-order chi connectivity index (χ1) is 10.6. The topological polar surface area (TPSA) is 68.8 Å². The molecule has 0 saturated carbocycles. The minimum absolute atomic E-state index is 0.236. The molecular formula is C16H19N5O. The van der Waals surface area contributed by atoms with Gasteiger partial charge in [-0.05, 0) is 25.1 Å². The molecule has 1 N–H and O–H groups in total. The van der Waals surface area contributed by atoms with Crippen molar-refractivity contribution in [1.82, 2.24) is 19.9 Å². The molecule has 0 unspecified atom stereocenters. The van der Waals surface area contributed by atoms with E-state index >= 15 is 0 Å². The molecule has 22 heavy (non-hydrogen) atoms. The van der Waals surface area contributed by atoms with Gasteiger partial charge in [0.2, 0.25) is 5.89 Å². The summed E-state index contributed by atoms with van der Waals surface area (Å²) in [5.41, 5.74) is 3.05. The average molecular weight is 297 g/mol. The van der Waals surface area contributed by atoms with Gasteiger partial charge in [0.25, 0.3) is 0 Å². The van der Waals surface area contributed by atoms with Gasteiger partial charge in [0, 0.05) is 17.8 Å². The third-order valence-corrected chi connectivity index (χ3v) is 3.38. The molecule has 0 spiro atoms. The van der Waals surface area contributed by atoms with Crippen LogP contribution >= 0.6 is 0 Å². The number of nitrogens with one attached hydrogen (secondary N) is 1. The maximum atomic E-state index is 5.22. The molecule has 2 heterocycles. The lowest BCUT2D eigenvalue weighted by Crippen LogP contribution is -2.07. The monoisotopic (exact) mass is 297 g/mol. The molecule has 3 rings (SSSR count). The van der Waals surface area contributed by atoms with E-state index in [0.717, 1.165) is 17.1 Å². The summed E-state index contributed by atoms with van der Waals surface area (Å²) >= 11 is 0. The highest BCUT2D eigenvalue weighted by Crippen LogP contribution is 2.21. The molecule has 2 aromatic heterocycles. The number of hydrogen-bond acceptors (Lipinski definition) is 5. The van der Waals surface area contributed by atoms with Crippen LogP contribution in [-0.2, 0) is 6.54 Å². The minimum Gasteiger partial charge on any atom is -0.376 e. The molecular weight excluding hydrogens is 278 g/mol. The van der Waals surface area contributed by atoms with Crippen LogP contribution in [0.15, 0.2) is 41.1 Å². The van der Waals surface area contributed by atoms with E-state index in [0.29, 0.717) is 18.3 Å². The van der Waals surface area contributed by atoms with Gasteiger partial charge in [-0.15, -0.1) is 0 Å². The normalized spacial score (nSPS) is 11.1. The van der Waals surface area contributed by atoms with Crippen LogP contribution in [-0.4, -0.2) is 19.9 Å². The molecule has 114 valence electrons. The first-order valence-corrected chi connectivity index (χ1v) is 7.31. The predicted molar refractivity (Wildman–Crippen MR) is 84.0 cm³/mol. The zero-order valence-corrected chi connectivity index (χ0v) is 12.9. The van der Waals surface area contributed by atoms with Gasteiger partial charge in [0.15, 0.2) is 5.82 Å². The van der Waals surface area contributed by atoms with Crippen molar-refractivity contribution in [2.75, 3.05) is 5.32 Å². The van der Waals surface area contributed by atoms with Crippen LogP contribution < -0.4 is 5.32 Å². The number of rotatable bonds is 5. The van der Waals surface area contributed by atoms with Gasteiger partial charge < -0.3 is 9.84 Å². The second kappa shape index (κ2) is 6.01. The molecule has 0 atom stereocenters. The molecule has 0 aliphatic carbocycles. The average Bonchev–Trinajstić information content (AvgIpc) is 3.14. The fraction of sp³-hybridized carbons (Fsp3) is 0.312. The Morgan fingerprint density at radius 3 is 2.73 bits per heavy atom. The number of nitrogens with zero attached hydrogens (tertiary/aromatic N) is 4. The van der Waals surface area contributed by atoms with Gasteiger partial charge in [-0.3, -0.25) is 0 Å². The Labute approximate surface area is 129 Å². The highest BCUT2D eigenvalue weighted by atomic mass is 16.5. The van der Waals surface area contributed by atoms with Crippen LogP contribution in [0.25, 0.3) is 5.69 Å². The van der Waals surface area contributed by atoms with Crippen LogP contribution in [0.1, 0.15) is 37.2 Å². The molecule has 0 fully saturated rings. The molecule has 6 nitrogen and oxygen atoms in total. The number of aryl methyl sites for hydroxylation is 1. The maximum Gasteiger partial charge on any atom is 0.229 e. The van der Waals surface area contributed by atoms with Gasteiger partial charge in [-0.1, -0.05) is 31.1 Å². The smallest absolute Gasteiger partial charge is 0.229 e. The SMILES string of the molecule is Cc1ccnn1-c1ccccc1NCc1noc(C(C)C)n1. The Bertz CT molecular complexity index is 759. The molecule has 0 aliphatic heterocycles. The van der Waals surface area contributed by atoms with Crippen molar-refractivity contribution in [2.24, 2.45) is 0 Å². The third-order valence-electron chi connectivity index (χ3n) is 3.38. The number of hydrogen-bond donors (Lipinski definition) is 1. The van der Waals surface area contributed by atoms with Crippen molar-refractivity contribution in [3.05, 3.63) is 53.9 Å². The number of anilines is 1. The van der Waals surface area contributed by atoms with E-state index in [1.165, 1.54) is 0 Å². The predicted octanol–water partition coefficient (Wildman–Crippen LogP) is 3.30. The standard InChI is InChI=1S/C16H19N5O/c1-11(2)16-19-15(20-22-16)10-17-13-6-4-5-7-14(13)21-12(3)8-9-18-21/h4-9,11,17H,10H2,1-3H3. The fourth-order valence-corrected chi connectivity index (χ4v) is 2.18. The van der Waals surface area contributed by atoms with Crippen LogP contribution in [0, 0.1) is 6.92 Å². The highest BCUT2D eigenvalue weighted by Gasteiger charge is 2.11. The van der Waals surface area contributed by atoms with E-state index in [1.807, 2.05) is 55.8 Å². The molecule has 0 bridgehead atoms. The molecule has 3 aromatic rings. The summed E-state index contributed by atoms with van der Waals surface area (Å²) in [5, 5.41) is 11.7. The first kappa shape index (κ1) is 14.3. The maximum absolute atomic E-state index is 5.22. The van der Waals surface area contributed by atoms with Crippen LogP contribution in [0.5, 0.6) is 0 Å². The Morgan fingerprint density at radius 1 is 1.23 bits per heavy atom. The van der Waals surface area contributed by atoms with Crippen LogP contribution in [0.2, 0.25) is 0 Å². The summed E-state index contributed by atoms with van der Waals surface area (Å²) in [6, 6.07) is 10.00. The number of benzene rings is 1. The molecule has 0 amide bonds. The van der Waals surface area contributed by atoms with Gasteiger partial charge in [0.05, 0.1) is 17.9 Å². The quantitative estimate of drug-likeness (QED) is 0.782. The second-order valence-electron chi connectivity index (χ2n) is 5.46. The van der Waals surface area contributed by atoms with E-state index < -0.39 is 0 Å². The van der Waals surface area contributed by atoms with Crippen molar-refractivity contribution < 1.29 is 4.52 Å². The van der Waals surface area contributed by atoms with Crippen LogP contribution in [0.3, 0.4) is 0 Å². The van der Waals surface area contributed by atoms with Gasteiger partial charge >= 0.3 is 0 Å². The molecule has 0 radical (unpaired) electrons. The lowest BCUT2D eigenvalue weighted by molar-refractivity contribution is 0.361. The summed E-state index contributed by atoms with van der Waals surface area (Å²) in [7, 11) is 0. The zero-order chi connectivity index (χ0) is 15.5. The number of aromatic nitrogens is 4. The van der Waals surface area contributed by atoms with Gasteiger partial charge in [-0.25, -0.2) is 4.68 Å². The number of para-hydroxylation sites is 2. The van der Waals surface area contributed by atoms with Crippen molar-refractivity contribution in [3.63, 3.8) is 0 Å². The fourth-order valence-electron chi connectivity index (χ4n) is 2.18. The Balaban J connectivity index is 1.79. The van der Waals surface area contributed by atoms with Crippen molar-refractivity contribution in [3.8, 4) is 5.69 Å². The summed E-state index contributed by atoms with van der Waals surface area (Å²) in [6.07, 6.45) is 1.79. The van der Waals surface area contributed by atoms with Crippen LogP contribution in [0.4, 0.5) is 5.69 Å². The first-order valence-electron chi connectivity index (χ1n) is 7.31. The molecule has 0 aliphatic rings. The van der Waals surface area contributed by atoms with Crippen molar-refractivity contribution >= 4 is 5.69 Å². The second-order valence-corrected chi connectivity index (χ2v) is 5.46. The Kier molecular flexibility index (Phi) is 3.91. The van der Waals surface area contributed by atoms with E-state index in [-0.39, 0.29) is 5.92 Å². The summed E-state index contributed by atoms with van der Waals surface area (Å²) in [6.45, 7) is 6.59. The molecule has 6 heteroatoms. The largest absolute Gasteiger partial charge is 0.376 e. The lowest BCUT2D eigenvalue weighted by Gasteiger charge is -2.12. The van der Waals surface area contributed by atoms with Crippen molar-refractivity contribution in [2.45, 2.75) is 33.2 Å².